The molecular formula is C44H36ClN3O4S. The number of benzene rings is 6. The van der Waals surface area contributed by atoms with E-state index in [2.05, 4.69) is 16.0 Å². The van der Waals surface area contributed by atoms with Gasteiger partial charge < -0.3 is 20.7 Å². The van der Waals surface area contributed by atoms with Crippen molar-refractivity contribution in [1.29, 1.82) is 0 Å². The van der Waals surface area contributed by atoms with Crippen molar-refractivity contribution in [3.63, 3.8) is 0 Å². The van der Waals surface area contributed by atoms with E-state index in [4.69, 9.17) is 16.3 Å². The Kier molecular flexibility index (Phi) is 12.1. The van der Waals surface area contributed by atoms with Crippen LogP contribution in [0.5, 0.6) is 5.75 Å². The van der Waals surface area contributed by atoms with Crippen LogP contribution in [0.3, 0.4) is 0 Å². The number of amides is 3. The van der Waals surface area contributed by atoms with Crippen LogP contribution < -0.4 is 20.7 Å². The maximum Gasteiger partial charge on any atom is 0.272 e. The number of aryl methyl sites for hydroxylation is 1. The van der Waals surface area contributed by atoms with Crippen LogP contribution in [-0.4, -0.2) is 24.8 Å². The lowest BCUT2D eigenvalue weighted by molar-refractivity contribution is -0.116. The van der Waals surface area contributed by atoms with Crippen molar-refractivity contribution in [2.24, 2.45) is 0 Å². The van der Waals surface area contributed by atoms with E-state index >= 15 is 0 Å². The topological polar surface area (TPSA) is 96.5 Å². The Balaban J connectivity index is 1.20. The lowest BCUT2D eigenvalue weighted by Gasteiger charge is -2.19. The minimum absolute atomic E-state index is 0.0819. The van der Waals surface area contributed by atoms with Gasteiger partial charge in [0.15, 0.2) is 0 Å². The Bertz CT molecular complexity index is 2230. The highest BCUT2D eigenvalue weighted by atomic mass is 35.5. The van der Waals surface area contributed by atoms with Gasteiger partial charge in [0.1, 0.15) is 16.7 Å². The molecule has 0 spiro atoms. The lowest BCUT2D eigenvalue weighted by atomic mass is 10.0. The molecule has 0 aliphatic heterocycles. The fraction of sp³-hybridized carbons (Fsp3) is 0.0682. The number of hydrogen-bond acceptors (Lipinski definition) is 5. The summed E-state index contributed by atoms with van der Waals surface area (Å²) >= 11 is 7.66. The molecule has 0 saturated heterocycles. The number of hydrogen-bond donors (Lipinski definition) is 3. The zero-order valence-corrected chi connectivity index (χ0v) is 30.6. The summed E-state index contributed by atoms with van der Waals surface area (Å²) in [6.45, 7) is 1.86. The smallest absolute Gasteiger partial charge is 0.272 e. The molecule has 0 aliphatic carbocycles. The number of ether oxygens (including phenoxy) is 1. The Hall–Kier alpha value is -6.09. The predicted molar refractivity (Wildman–Crippen MR) is 215 cm³/mol. The van der Waals surface area contributed by atoms with Crippen molar-refractivity contribution in [2.75, 3.05) is 17.7 Å². The number of methoxy groups -OCH3 is 1. The second-order valence-electron chi connectivity index (χ2n) is 12.0. The minimum Gasteiger partial charge on any atom is -0.495 e. The Labute approximate surface area is 318 Å². The summed E-state index contributed by atoms with van der Waals surface area (Å²) in [6.07, 6.45) is 1.65. The van der Waals surface area contributed by atoms with Crippen LogP contribution >= 0.6 is 23.4 Å². The number of carbonyl (C=O) groups excluding carboxylic acids is 3. The van der Waals surface area contributed by atoms with Gasteiger partial charge in [-0.1, -0.05) is 115 Å². The molecule has 0 fully saturated rings. The van der Waals surface area contributed by atoms with Crippen LogP contribution in [0.4, 0.5) is 11.4 Å². The first-order valence-corrected chi connectivity index (χ1v) is 18.0. The Morgan fingerprint density at radius 3 is 1.96 bits per heavy atom. The summed E-state index contributed by atoms with van der Waals surface area (Å²) in [4.78, 5) is 41.5. The average molecular weight is 738 g/mol. The van der Waals surface area contributed by atoms with Crippen molar-refractivity contribution in [2.45, 2.75) is 17.1 Å². The van der Waals surface area contributed by atoms with E-state index in [1.165, 1.54) is 18.9 Å². The van der Waals surface area contributed by atoms with Gasteiger partial charge in [-0.3, -0.25) is 14.4 Å². The van der Waals surface area contributed by atoms with Crippen LogP contribution in [0, 0.1) is 6.92 Å². The van der Waals surface area contributed by atoms with Crippen molar-refractivity contribution in [3.05, 3.63) is 185 Å². The zero-order valence-electron chi connectivity index (χ0n) is 29.0. The van der Waals surface area contributed by atoms with E-state index in [1.54, 1.807) is 54.6 Å². The quantitative estimate of drug-likeness (QED) is 0.0858. The molecule has 0 aromatic heterocycles. The van der Waals surface area contributed by atoms with Gasteiger partial charge in [0, 0.05) is 27.2 Å². The first-order chi connectivity index (χ1) is 25.8. The van der Waals surface area contributed by atoms with Gasteiger partial charge in [0.05, 0.1) is 12.8 Å². The molecule has 53 heavy (non-hydrogen) atoms. The predicted octanol–water partition coefficient (Wildman–Crippen LogP) is 10.2. The van der Waals surface area contributed by atoms with Gasteiger partial charge in [-0.05, 0) is 83.3 Å². The van der Waals surface area contributed by atoms with Crippen molar-refractivity contribution >= 4 is 58.5 Å². The molecule has 6 aromatic rings. The summed E-state index contributed by atoms with van der Waals surface area (Å²) in [7, 11) is 1.53. The number of anilines is 2. The van der Waals surface area contributed by atoms with Crippen molar-refractivity contribution in [1.82, 2.24) is 5.32 Å². The summed E-state index contributed by atoms with van der Waals surface area (Å²) in [6, 6.07) is 46.6. The summed E-state index contributed by atoms with van der Waals surface area (Å²) < 4.78 is 5.48. The highest BCUT2D eigenvalue weighted by molar-refractivity contribution is 8.00. The second kappa shape index (κ2) is 17.4. The zero-order chi connectivity index (χ0) is 37.2. The maximum atomic E-state index is 13.8. The fourth-order valence-corrected chi connectivity index (χ4v) is 6.67. The maximum absolute atomic E-state index is 13.8. The van der Waals surface area contributed by atoms with E-state index in [9.17, 15) is 14.4 Å². The lowest BCUT2D eigenvalue weighted by Crippen LogP contribution is -2.30. The minimum atomic E-state index is -0.603. The highest BCUT2D eigenvalue weighted by Gasteiger charge is 2.24. The highest BCUT2D eigenvalue weighted by Crippen LogP contribution is 2.38. The summed E-state index contributed by atoms with van der Waals surface area (Å²) in [5.41, 5.74) is 6.02. The molecule has 0 heterocycles. The number of nitrogens with one attached hydrogen (secondary N) is 3. The molecule has 1 unspecified atom stereocenters. The second-order valence-corrected chi connectivity index (χ2v) is 13.6. The van der Waals surface area contributed by atoms with Crippen LogP contribution in [0.2, 0.25) is 5.02 Å². The van der Waals surface area contributed by atoms with Gasteiger partial charge >= 0.3 is 0 Å². The molecular weight excluding hydrogens is 702 g/mol. The molecule has 7 nitrogen and oxygen atoms in total. The number of rotatable bonds is 12. The number of carbonyl (C=O) groups is 3. The van der Waals surface area contributed by atoms with E-state index in [0.29, 0.717) is 27.7 Å². The van der Waals surface area contributed by atoms with Crippen LogP contribution in [-0.2, 0) is 9.59 Å². The van der Waals surface area contributed by atoms with E-state index in [0.717, 1.165) is 32.7 Å². The third-order valence-corrected chi connectivity index (χ3v) is 9.98. The van der Waals surface area contributed by atoms with E-state index in [-0.39, 0.29) is 11.6 Å². The normalized spacial score (nSPS) is 11.6. The van der Waals surface area contributed by atoms with Gasteiger partial charge in [-0.2, -0.15) is 0 Å². The third-order valence-electron chi connectivity index (χ3n) is 8.30. The fourth-order valence-electron chi connectivity index (χ4n) is 5.49. The number of halogens is 1. The molecule has 9 heteroatoms. The van der Waals surface area contributed by atoms with Crippen LogP contribution in [0.1, 0.15) is 32.3 Å². The molecule has 0 saturated carbocycles. The Morgan fingerprint density at radius 2 is 1.32 bits per heavy atom. The first-order valence-electron chi connectivity index (χ1n) is 16.8. The van der Waals surface area contributed by atoms with Crippen molar-refractivity contribution < 1.29 is 19.1 Å². The third kappa shape index (κ3) is 9.62. The standard InChI is InChI=1S/C44H36ClN3O4S/c1-29-26-38(40(52-2)28-37(29)45)47-44(51)41(33-14-8-4-9-15-33)53-36-24-22-35(23-25-36)46-43(50)39(48-42(49)34-16-10-5-11-17-34)27-30-18-20-32(21-19-30)31-12-6-3-7-13-31/h3-28,41H,1-2H3,(H,46,50)(H,47,51)(H,48,49)/b39-27-. The average Bonchev–Trinajstić information content (AvgIpc) is 3.19. The van der Waals surface area contributed by atoms with Gasteiger partial charge in [0.25, 0.3) is 11.8 Å². The van der Waals surface area contributed by atoms with E-state index in [1.807, 2.05) is 110 Å². The molecule has 3 N–H and O–H groups in total. The molecule has 6 aromatic carbocycles. The molecule has 3 amide bonds. The summed E-state index contributed by atoms with van der Waals surface area (Å²) in [5, 5.41) is 8.66. The number of thioether (sulfide) groups is 1. The Morgan fingerprint density at radius 1 is 0.717 bits per heavy atom. The molecule has 1 atom stereocenters. The largest absolute Gasteiger partial charge is 0.495 e. The van der Waals surface area contributed by atoms with E-state index < -0.39 is 17.1 Å². The van der Waals surface area contributed by atoms with Gasteiger partial charge in [0.2, 0.25) is 5.91 Å². The van der Waals surface area contributed by atoms with Crippen molar-refractivity contribution in [3.8, 4) is 16.9 Å². The monoisotopic (exact) mass is 737 g/mol. The summed E-state index contributed by atoms with van der Waals surface area (Å²) in [5.74, 6) is -0.672. The first kappa shape index (κ1) is 36.7. The molecule has 264 valence electrons. The van der Waals surface area contributed by atoms with Crippen LogP contribution in [0.15, 0.2) is 162 Å². The molecule has 0 bridgehead atoms. The molecule has 6 rings (SSSR count). The van der Waals surface area contributed by atoms with Gasteiger partial charge in [-0.15, -0.1) is 11.8 Å². The molecule has 0 radical (unpaired) electrons. The molecule has 0 aliphatic rings. The van der Waals surface area contributed by atoms with Gasteiger partial charge in [-0.25, -0.2) is 0 Å². The SMILES string of the molecule is COc1cc(Cl)c(C)cc1NC(=O)C(Sc1ccc(NC(=O)/C(=C/c2ccc(-c3ccccc3)cc2)NC(=O)c2ccccc2)cc1)c1ccccc1. The van der Waals surface area contributed by atoms with Crippen LogP contribution in [0.25, 0.3) is 17.2 Å².